The van der Waals surface area contributed by atoms with E-state index in [2.05, 4.69) is 5.32 Å². The molecule has 134 valence electrons. The van der Waals surface area contributed by atoms with E-state index in [0.29, 0.717) is 11.2 Å². The number of nitrogens with zero attached hydrogens (tertiary/aromatic N) is 1. The lowest BCUT2D eigenvalue weighted by atomic mass is 9.78. The number of methoxy groups -OCH3 is 1. The molecule has 24 heavy (non-hydrogen) atoms. The molecule has 3 rings (SSSR count). The second kappa shape index (κ2) is 8.08. The Morgan fingerprint density at radius 1 is 1.17 bits per heavy atom. The molecule has 2 aliphatic rings. The zero-order chi connectivity index (χ0) is 16.3. The molecule has 1 atom stereocenters. The third-order valence-corrected chi connectivity index (χ3v) is 5.19. The van der Waals surface area contributed by atoms with Crippen molar-refractivity contribution in [3.63, 3.8) is 0 Å². The first kappa shape index (κ1) is 18.9. The van der Waals surface area contributed by atoms with Crippen LogP contribution in [0.3, 0.4) is 0 Å². The monoisotopic (exact) mass is 354 g/mol. The van der Waals surface area contributed by atoms with E-state index in [9.17, 15) is 4.79 Å². The molecule has 0 radical (unpaired) electrons. The van der Waals surface area contributed by atoms with Gasteiger partial charge in [-0.25, -0.2) is 0 Å². The Labute approximate surface area is 150 Å². The maximum absolute atomic E-state index is 12.6. The molecule has 0 saturated carbocycles. The van der Waals surface area contributed by atoms with E-state index in [4.69, 9.17) is 9.47 Å². The highest BCUT2D eigenvalue weighted by atomic mass is 35.5. The van der Waals surface area contributed by atoms with Crippen LogP contribution in [0.4, 0.5) is 0 Å². The van der Waals surface area contributed by atoms with E-state index in [1.807, 2.05) is 36.1 Å². The number of nitrogens with one attached hydrogen (secondary N) is 1. The van der Waals surface area contributed by atoms with Crippen LogP contribution in [0.5, 0.6) is 11.5 Å². The fourth-order valence-corrected chi connectivity index (χ4v) is 3.59. The standard InChI is InChI=1S/C18H26N2O3.ClH/c1-14(23-16-5-3-15(22-2)4-6-16)17(21)20-11-8-18(9-12-20)7-10-19-13-18;/h3-6,14,19H,7-13H2,1-2H3;1H. The maximum atomic E-state index is 12.6. The molecular formula is C18H27ClN2O3. The summed E-state index contributed by atoms with van der Waals surface area (Å²) in [5.41, 5.74) is 0.427. The van der Waals surface area contributed by atoms with Crippen LogP contribution in [0.2, 0.25) is 0 Å². The zero-order valence-corrected chi connectivity index (χ0v) is 15.2. The number of carbonyl (C=O) groups is 1. The van der Waals surface area contributed by atoms with Gasteiger partial charge in [-0.05, 0) is 62.4 Å². The van der Waals surface area contributed by atoms with E-state index in [-0.39, 0.29) is 18.3 Å². The Bertz CT molecular complexity index is 534. The molecule has 6 heteroatoms. The molecule has 1 aromatic carbocycles. The predicted molar refractivity (Wildman–Crippen MR) is 96.1 cm³/mol. The topological polar surface area (TPSA) is 50.8 Å². The van der Waals surface area contributed by atoms with Gasteiger partial charge in [-0.3, -0.25) is 4.79 Å². The number of benzene rings is 1. The van der Waals surface area contributed by atoms with Crippen molar-refractivity contribution >= 4 is 18.3 Å². The largest absolute Gasteiger partial charge is 0.497 e. The summed E-state index contributed by atoms with van der Waals surface area (Å²) in [6, 6.07) is 7.34. The third-order valence-electron chi connectivity index (χ3n) is 5.19. The van der Waals surface area contributed by atoms with Gasteiger partial charge in [-0.15, -0.1) is 12.4 Å². The van der Waals surface area contributed by atoms with Gasteiger partial charge in [0.1, 0.15) is 11.5 Å². The van der Waals surface area contributed by atoms with Crippen molar-refractivity contribution in [3.8, 4) is 11.5 Å². The van der Waals surface area contributed by atoms with Crippen LogP contribution in [0.15, 0.2) is 24.3 Å². The number of halogens is 1. The second-order valence-electron chi connectivity index (χ2n) is 6.69. The zero-order valence-electron chi connectivity index (χ0n) is 14.4. The number of hydrogen-bond acceptors (Lipinski definition) is 4. The van der Waals surface area contributed by atoms with Gasteiger partial charge in [-0.2, -0.15) is 0 Å². The summed E-state index contributed by atoms with van der Waals surface area (Å²) in [4.78, 5) is 14.5. The third kappa shape index (κ3) is 4.14. The Hall–Kier alpha value is -1.46. The molecule has 0 bridgehead atoms. The average molecular weight is 355 g/mol. The smallest absolute Gasteiger partial charge is 0.263 e. The van der Waals surface area contributed by atoms with Crippen LogP contribution >= 0.6 is 12.4 Å². The molecular weight excluding hydrogens is 328 g/mol. The first-order valence-electron chi connectivity index (χ1n) is 8.42. The van der Waals surface area contributed by atoms with Gasteiger partial charge in [0.05, 0.1) is 7.11 Å². The van der Waals surface area contributed by atoms with Crippen molar-refractivity contribution in [2.75, 3.05) is 33.3 Å². The molecule has 0 aromatic heterocycles. The highest BCUT2D eigenvalue weighted by molar-refractivity contribution is 5.85. The minimum atomic E-state index is -0.459. The van der Waals surface area contributed by atoms with E-state index in [0.717, 1.165) is 44.8 Å². The first-order chi connectivity index (χ1) is 11.1. The van der Waals surface area contributed by atoms with Gasteiger partial charge >= 0.3 is 0 Å². The van der Waals surface area contributed by atoms with Crippen molar-refractivity contribution in [1.82, 2.24) is 10.2 Å². The Kier molecular flexibility index (Phi) is 6.35. The predicted octanol–water partition coefficient (Wildman–Crippen LogP) is 2.49. The van der Waals surface area contributed by atoms with Gasteiger partial charge in [-0.1, -0.05) is 0 Å². The summed E-state index contributed by atoms with van der Waals surface area (Å²) in [6.45, 7) is 5.74. The van der Waals surface area contributed by atoms with Gasteiger partial charge in [0.15, 0.2) is 6.10 Å². The summed E-state index contributed by atoms with van der Waals surface area (Å²) in [7, 11) is 1.63. The minimum absolute atomic E-state index is 0. The quantitative estimate of drug-likeness (QED) is 0.902. The maximum Gasteiger partial charge on any atom is 0.263 e. The Morgan fingerprint density at radius 3 is 2.33 bits per heavy atom. The number of piperidine rings is 1. The fraction of sp³-hybridized carbons (Fsp3) is 0.611. The molecule has 2 saturated heterocycles. The lowest BCUT2D eigenvalue weighted by Gasteiger charge is -2.39. The molecule has 1 N–H and O–H groups in total. The number of likely N-dealkylation sites (tertiary alicyclic amines) is 1. The average Bonchev–Trinajstić information content (AvgIpc) is 3.03. The summed E-state index contributed by atoms with van der Waals surface area (Å²) in [6.07, 6.45) is 2.98. The first-order valence-corrected chi connectivity index (χ1v) is 8.42. The van der Waals surface area contributed by atoms with E-state index in [1.54, 1.807) is 7.11 Å². The number of hydrogen-bond donors (Lipinski definition) is 1. The van der Waals surface area contributed by atoms with Gasteiger partial charge < -0.3 is 19.7 Å². The van der Waals surface area contributed by atoms with E-state index in [1.165, 1.54) is 6.42 Å². The lowest BCUT2D eigenvalue weighted by molar-refractivity contribution is -0.140. The number of carbonyl (C=O) groups excluding carboxylic acids is 1. The molecule has 2 heterocycles. The van der Waals surface area contributed by atoms with Crippen LogP contribution in [-0.2, 0) is 4.79 Å². The van der Waals surface area contributed by atoms with Crippen molar-refractivity contribution < 1.29 is 14.3 Å². The molecule has 1 unspecified atom stereocenters. The molecule has 1 spiro atoms. The number of ether oxygens (including phenoxy) is 2. The normalized spacial score (nSPS) is 20.3. The summed E-state index contributed by atoms with van der Waals surface area (Å²) < 4.78 is 10.9. The van der Waals surface area contributed by atoms with Gasteiger partial charge in [0, 0.05) is 19.6 Å². The van der Waals surface area contributed by atoms with Crippen molar-refractivity contribution in [1.29, 1.82) is 0 Å². The van der Waals surface area contributed by atoms with Crippen LogP contribution in [0, 0.1) is 5.41 Å². The van der Waals surface area contributed by atoms with Crippen LogP contribution in [0.1, 0.15) is 26.2 Å². The highest BCUT2D eigenvalue weighted by Gasteiger charge is 2.38. The van der Waals surface area contributed by atoms with Crippen LogP contribution in [-0.4, -0.2) is 50.2 Å². The molecule has 2 aliphatic heterocycles. The highest BCUT2D eigenvalue weighted by Crippen LogP contribution is 2.37. The van der Waals surface area contributed by atoms with Gasteiger partial charge in [0.2, 0.25) is 0 Å². The van der Waals surface area contributed by atoms with Crippen molar-refractivity contribution in [2.24, 2.45) is 5.41 Å². The lowest BCUT2D eigenvalue weighted by Crippen LogP contribution is -2.48. The van der Waals surface area contributed by atoms with Crippen LogP contribution in [0.25, 0.3) is 0 Å². The molecule has 5 nitrogen and oxygen atoms in total. The molecule has 1 amide bonds. The fourth-order valence-electron chi connectivity index (χ4n) is 3.59. The van der Waals surface area contributed by atoms with Crippen molar-refractivity contribution in [3.05, 3.63) is 24.3 Å². The SMILES string of the molecule is COc1ccc(OC(C)C(=O)N2CCC3(CCNC3)CC2)cc1.Cl. The number of amides is 1. The Balaban J connectivity index is 0.00000208. The second-order valence-corrected chi connectivity index (χ2v) is 6.69. The van der Waals surface area contributed by atoms with E-state index < -0.39 is 6.10 Å². The Morgan fingerprint density at radius 2 is 1.79 bits per heavy atom. The number of rotatable bonds is 4. The minimum Gasteiger partial charge on any atom is -0.497 e. The van der Waals surface area contributed by atoms with E-state index >= 15 is 0 Å². The summed E-state index contributed by atoms with van der Waals surface area (Å²) in [5, 5.41) is 3.45. The molecule has 0 aliphatic carbocycles. The summed E-state index contributed by atoms with van der Waals surface area (Å²) >= 11 is 0. The van der Waals surface area contributed by atoms with Crippen molar-refractivity contribution in [2.45, 2.75) is 32.3 Å². The molecule has 2 fully saturated rings. The molecule has 1 aromatic rings. The van der Waals surface area contributed by atoms with Gasteiger partial charge in [0.25, 0.3) is 5.91 Å². The van der Waals surface area contributed by atoms with Crippen LogP contribution < -0.4 is 14.8 Å². The summed E-state index contributed by atoms with van der Waals surface area (Å²) in [5.74, 6) is 1.56.